The van der Waals surface area contributed by atoms with Gasteiger partial charge in [-0.2, -0.15) is 0 Å². The number of benzene rings is 2. The van der Waals surface area contributed by atoms with Gasteiger partial charge in [0.2, 0.25) is 11.8 Å². The van der Waals surface area contributed by atoms with Gasteiger partial charge in [0.25, 0.3) is 11.1 Å². The van der Waals surface area contributed by atoms with E-state index >= 15 is 0 Å². The number of methoxy groups -OCH3 is 1. The lowest BCUT2D eigenvalue weighted by atomic mass is 9.83. The van der Waals surface area contributed by atoms with Gasteiger partial charge in [-0.1, -0.05) is 24.3 Å². The maximum Gasteiger partial charge on any atom is 0.263 e. The van der Waals surface area contributed by atoms with E-state index in [1.165, 1.54) is 29.9 Å². The fraction of sp³-hybridized carbons (Fsp3) is 0.269. The average molecular weight is 926 g/mol. The number of aryl methyl sites for hydroxylation is 1. The predicted molar refractivity (Wildman–Crippen MR) is 273 cm³/mol. The number of likely N-dealkylation sites (N-methyl/N-ethyl adjacent to an activating group) is 1. The number of likely N-dealkylation sites (tertiary alicyclic amines) is 1. The van der Waals surface area contributed by atoms with Crippen LogP contribution in [0.1, 0.15) is 37.0 Å². The van der Waals surface area contributed by atoms with Crippen molar-refractivity contribution in [2.75, 3.05) is 62.5 Å². The smallest absolute Gasteiger partial charge is 0.263 e. The Morgan fingerprint density at radius 1 is 0.870 bits per heavy atom. The lowest BCUT2D eigenvalue weighted by Crippen LogP contribution is -2.36. The number of ether oxygens (including phenoxy) is 1. The molecule has 1 aliphatic heterocycles. The molecule has 1 aliphatic rings. The van der Waals surface area contributed by atoms with E-state index in [4.69, 9.17) is 20.4 Å². The van der Waals surface area contributed by atoms with Crippen molar-refractivity contribution in [3.63, 3.8) is 0 Å². The number of carbonyl (C=O) groups is 1. The molecule has 8 aromatic rings. The second-order valence-electron chi connectivity index (χ2n) is 18.3. The van der Waals surface area contributed by atoms with Crippen LogP contribution in [-0.4, -0.2) is 97.1 Å². The summed E-state index contributed by atoms with van der Waals surface area (Å²) in [7, 11) is 7.42. The molecule has 69 heavy (non-hydrogen) atoms. The summed E-state index contributed by atoms with van der Waals surface area (Å²) in [6, 6.07) is 25.2. The number of carbonyl (C=O) groups excluding carboxylic acids is 1. The van der Waals surface area contributed by atoms with Crippen molar-refractivity contribution in [3.8, 4) is 28.5 Å². The summed E-state index contributed by atoms with van der Waals surface area (Å²) in [5.74, 6) is 1.38. The van der Waals surface area contributed by atoms with Gasteiger partial charge in [-0.25, -0.2) is 19.9 Å². The number of H-pyrrole nitrogens is 1. The molecule has 1 amide bonds. The second-order valence-corrected chi connectivity index (χ2v) is 18.3. The zero-order chi connectivity index (χ0) is 48.6. The van der Waals surface area contributed by atoms with E-state index in [1.807, 2.05) is 75.4 Å². The molecule has 17 nitrogen and oxygen atoms in total. The van der Waals surface area contributed by atoms with Gasteiger partial charge in [-0.15, -0.1) is 0 Å². The molecule has 9 rings (SSSR count). The number of anilines is 6. The minimum Gasteiger partial charge on any atom is -0.480 e. The number of aromatic nitrogens is 7. The van der Waals surface area contributed by atoms with Gasteiger partial charge in [0.1, 0.15) is 29.0 Å². The Hall–Kier alpha value is -8.02. The molecule has 0 radical (unpaired) electrons. The highest BCUT2D eigenvalue weighted by Gasteiger charge is 2.31. The second kappa shape index (κ2) is 18.9. The molecule has 1 unspecified atom stereocenters. The molecular weight excluding hydrogens is 871 g/mol. The van der Waals surface area contributed by atoms with Crippen LogP contribution >= 0.6 is 0 Å². The van der Waals surface area contributed by atoms with Crippen LogP contribution in [0.3, 0.4) is 0 Å². The number of nitrogen functional groups attached to an aromatic ring is 1. The Kier molecular flexibility index (Phi) is 12.7. The minimum atomic E-state index is -1.06. The molecule has 1 saturated heterocycles. The third-order valence-electron chi connectivity index (χ3n) is 13.1. The molecule has 0 spiro atoms. The van der Waals surface area contributed by atoms with Crippen molar-refractivity contribution in [1.29, 1.82) is 0 Å². The molecule has 7 heterocycles. The number of hydrogen-bond acceptors (Lipinski definition) is 14. The number of fused-ring (bicyclic) bond motifs is 2. The Morgan fingerprint density at radius 2 is 1.57 bits per heavy atom. The predicted octanol–water partition coefficient (Wildman–Crippen LogP) is 7.17. The van der Waals surface area contributed by atoms with Gasteiger partial charge in [-0.05, 0) is 136 Å². The van der Waals surface area contributed by atoms with Crippen LogP contribution in [0.2, 0.25) is 0 Å². The summed E-state index contributed by atoms with van der Waals surface area (Å²) in [4.78, 5) is 72.3. The maximum atomic E-state index is 14.4. The monoisotopic (exact) mass is 925 g/mol. The third kappa shape index (κ3) is 9.59. The summed E-state index contributed by atoms with van der Waals surface area (Å²) in [6.45, 7) is 8.67. The van der Waals surface area contributed by atoms with Crippen LogP contribution in [0.25, 0.3) is 44.2 Å². The van der Waals surface area contributed by atoms with Crippen LogP contribution in [-0.2, 0) is 23.7 Å². The molecule has 2 aromatic carbocycles. The normalized spacial score (nSPS) is 14.1. The maximum absolute atomic E-state index is 14.4. The van der Waals surface area contributed by atoms with Gasteiger partial charge in [0.15, 0.2) is 0 Å². The SMILES string of the molecule is COc1cncc(-c2cc3cc(NC(=O)C(C)(C)c4ccc(Nc5nc(-c6cnc(N)c(C)c6)cc6cc[nH]c(=O)c56)cc4)n(C)c(=O)c3c(Nc3ccc(CCN4CCC(N(C)C)C4)cc3)n2)n1. The molecule has 17 heteroatoms. The Labute approximate surface area is 398 Å². The molecule has 1 fully saturated rings. The van der Waals surface area contributed by atoms with Gasteiger partial charge < -0.3 is 41.2 Å². The van der Waals surface area contributed by atoms with Crippen molar-refractivity contribution in [1.82, 2.24) is 44.3 Å². The van der Waals surface area contributed by atoms with Crippen LogP contribution in [0.4, 0.5) is 34.6 Å². The molecular formula is C52H55N13O4. The van der Waals surface area contributed by atoms with E-state index in [2.05, 4.69) is 71.9 Å². The lowest BCUT2D eigenvalue weighted by molar-refractivity contribution is -0.120. The van der Waals surface area contributed by atoms with Gasteiger partial charge in [0.05, 0.1) is 47.1 Å². The number of nitrogens with two attached hydrogens (primary N) is 1. The molecule has 0 aliphatic carbocycles. The van der Waals surface area contributed by atoms with Crippen molar-refractivity contribution in [2.45, 2.75) is 45.1 Å². The van der Waals surface area contributed by atoms with E-state index in [0.29, 0.717) is 79.3 Å². The first-order valence-electron chi connectivity index (χ1n) is 22.7. The van der Waals surface area contributed by atoms with E-state index in [0.717, 1.165) is 42.9 Å². The molecule has 6 aromatic heterocycles. The summed E-state index contributed by atoms with van der Waals surface area (Å²) in [5, 5.41) is 11.7. The molecule has 1 atom stereocenters. The summed E-state index contributed by atoms with van der Waals surface area (Å²) in [6.07, 6.45) is 8.45. The molecule has 352 valence electrons. The molecule has 0 saturated carbocycles. The van der Waals surface area contributed by atoms with Crippen molar-refractivity contribution < 1.29 is 9.53 Å². The van der Waals surface area contributed by atoms with Crippen LogP contribution < -0.4 is 37.5 Å². The van der Waals surface area contributed by atoms with Crippen molar-refractivity contribution in [2.24, 2.45) is 7.05 Å². The first-order valence-corrected chi connectivity index (χ1v) is 22.7. The molecule has 6 N–H and O–H groups in total. The van der Waals surface area contributed by atoms with E-state index in [-0.39, 0.29) is 22.8 Å². The lowest BCUT2D eigenvalue weighted by Gasteiger charge is -2.25. The fourth-order valence-electron chi connectivity index (χ4n) is 8.64. The van der Waals surface area contributed by atoms with Crippen molar-refractivity contribution in [3.05, 3.63) is 141 Å². The number of aromatic amines is 1. The fourth-order valence-corrected chi connectivity index (χ4v) is 8.64. The number of nitrogens with zero attached hydrogens (tertiary/aromatic N) is 8. The van der Waals surface area contributed by atoms with E-state index in [1.54, 1.807) is 37.8 Å². The van der Waals surface area contributed by atoms with E-state index in [9.17, 15) is 14.4 Å². The largest absolute Gasteiger partial charge is 0.480 e. The van der Waals surface area contributed by atoms with Crippen molar-refractivity contribution >= 4 is 62.1 Å². The average Bonchev–Trinajstić information content (AvgIpc) is 3.83. The summed E-state index contributed by atoms with van der Waals surface area (Å²) >= 11 is 0. The van der Waals surface area contributed by atoms with Crippen LogP contribution in [0.5, 0.6) is 5.88 Å². The Balaban J connectivity index is 0.974. The standard InChI is InChI=1S/C52H55N13O4/c1-30-22-34(26-56-46(30)53)39-23-32-16-19-55-49(66)44(32)47(60-39)57-37-14-10-35(11-15-37)52(2,3)51(68)62-42-25-33-24-40(41-27-54-28-43(59-41)69-7)61-48(45(33)50(67)64(42)6)58-36-12-8-31(9-13-36)17-20-65-21-18-38(29-65)63(4)5/h8-16,19,22-28,38H,17-18,20-21,29H2,1-7H3,(H2,53,56)(H,55,66)(H,57,60)(H,58,61)(H,62,68). The quantitative estimate of drug-likeness (QED) is 0.0732. The minimum absolute atomic E-state index is 0.289. The summed E-state index contributed by atoms with van der Waals surface area (Å²) < 4.78 is 6.78. The van der Waals surface area contributed by atoms with E-state index < -0.39 is 5.41 Å². The highest BCUT2D eigenvalue weighted by molar-refractivity contribution is 6.02. The number of nitrogens with one attached hydrogen (secondary N) is 4. The highest BCUT2D eigenvalue weighted by Crippen LogP contribution is 2.33. The summed E-state index contributed by atoms with van der Waals surface area (Å²) in [5.41, 5.74) is 10.7. The zero-order valence-electron chi connectivity index (χ0n) is 39.7. The highest BCUT2D eigenvalue weighted by atomic mass is 16.5. The number of pyridine rings is 5. The Morgan fingerprint density at radius 3 is 2.26 bits per heavy atom. The Bertz CT molecular complexity index is 3350. The number of amides is 1. The van der Waals surface area contributed by atoms with Gasteiger partial charge in [-0.3, -0.25) is 23.9 Å². The topological polar surface area (TPSA) is 214 Å². The first-order chi connectivity index (χ1) is 33.1. The van der Waals surface area contributed by atoms with Gasteiger partial charge >= 0.3 is 0 Å². The zero-order valence-corrected chi connectivity index (χ0v) is 39.7. The van der Waals surface area contributed by atoms with Gasteiger partial charge in [0, 0.05) is 55.5 Å². The first kappa shape index (κ1) is 46.1. The number of hydrogen-bond donors (Lipinski definition) is 5. The molecule has 0 bridgehead atoms. The number of rotatable bonds is 14. The van der Waals surface area contributed by atoms with Crippen LogP contribution in [0.15, 0.2) is 113 Å². The van der Waals surface area contributed by atoms with Crippen LogP contribution in [0, 0.1) is 6.92 Å². The third-order valence-corrected chi connectivity index (χ3v) is 13.1.